The average molecular weight is 302 g/mol. The molecule has 3 N–H and O–H groups in total. The van der Waals surface area contributed by atoms with Gasteiger partial charge in [-0.05, 0) is 26.3 Å². The topological polar surface area (TPSA) is 111 Å². The third kappa shape index (κ3) is 3.30. The van der Waals surface area contributed by atoms with Gasteiger partial charge in [0.15, 0.2) is 5.82 Å². The third-order valence-corrected chi connectivity index (χ3v) is 3.32. The number of rotatable bonds is 5. The van der Waals surface area contributed by atoms with Crippen LogP contribution in [0.3, 0.4) is 0 Å². The zero-order valence-electron chi connectivity index (χ0n) is 12.7. The van der Waals surface area contributed by atoms with Crippen LogP contribution in [0, 0.1) is 0 Å². The lowest BCUT2D eigenvalue weighted by molar-refractivity contribution is -0.124. The molecule has 1 unspecified atom stereocenters. The number of carbonyl (C=O) groups is 2. The van der Waals surface area contributed by atoms with E-state index in [0.717, 1.165) is 5.56 Å². The minimum absolute atomic E-state index is 0.179. The van der Waals surface area contributed by atoms with Crippen LogP contribution in [0.5, 0.6) is 0 Å². The fraction of sp³-hybridized carbons (Fsp3) is 0.333. The van der Waals surface area contributed by atoms with E-state index in [0.29, 0.717) is 0 Å². The normalized spacial score (nSPS) is 12.7. The maximum atomic E-state index is 12.4. The molecule has 116 valence electrons. The first-order valence-electron chi connectivity index (χ1n) is 6.82. The number of amides is 2. The van der Waals surface area contributed by atoms with Crippen molar-refractivity contribution < 1.29 is 14.1 Å². The molecule has 0 bridgehead atoms. The highest BCUT2D eigenvalue weighted by Gasteiger charge is 2.31. The number of nitrogens with one attached hydrogen (secondary N) is 1. The highest BCUT2D eigenvalue weighted by atomic mass is 16.5. The molecule has 7 nitrogen and oxygen atoms in total. The number of nitrogens with two attached hydrogens (primary N) is 1. The van der Waals surface area contributed by atoms with Crippen molar-refractivity contribution in [2.75, 3.05) is 0 Å². The predicted octanol–water partition coefficient (Wildman–Crippen LogP) is 1.32. The zero-order valence-corrected chi connectivity index (χ0v) is 12.7. The largest absolute Gasteiger partial charge is 0.361 e. The molecule has 7 heteroatoms. The molecule has 0 fully saturated rings. The Morgan fingerprint density at radius 2 is 1.91 bits per heavy atom. The number of hydrogen-bond donors (Lipinski definition) is 2. The Labute approximate surface area is 127 Å². The molecule has 2 rings (SSSR count). The Kier molecular flexibility index (Phi) is 4.25. The molecular formula is C15H18N4O3. The maximum absolute atomic E-state index is 12.4. The Hall–Kier alpha value is -2.70. The van der Waals surface area contributed by atoms with Gasteiger partial charge in [-0.15, -0.1) is 0 Å². The van der Waals surface area contributed by atoms with Crippen LogP contribution in [-0.2, 0) is 10.3 Å². The van der Waals surface area contributed by atoms with Crippen molar-refractivity contribution in [2.45, 2.75) is 32.2 Å². The summed E-state index contributed by atoms with van der Waals surface area (Å²) in [5.41, 5.74) is 5.09. The van der Waals surface area contributed by atoms with E-state index >= 15 is 0 Å². The molecule has 1 aromatic heterocycles. The first kappa shape index (κ1) is 15.7. The van der Waals surface area contributed by atoms with Crippen LogP contribution in [-0.4, -0.2) is 22.0 Å². The number of nitrogens with zero attached hydrogens (tertiary/aromatic N) is 2. The molecular weight excluding hydrogens is 284 g/mol. The highest BCUT2D eigenvalue weighted by Crippen LogP contribution is 2.20. The molecule has 0 aliphatic rings. The van der Waals surface area contributed by atoms with Crippen LogP contribution in [0.1, 0.15) is 48.8 Å². The summed E-state index contributed by atoms with van der Waals surface area (Å²) in [6, 6.07) is 9.42. The maximum Gasteiger partial charge on any atom is 0.315 e. The second-order valence-electron chi connectivity index (χ2n) is 5.53. The molecule has 0 saturated carbocycles. The number of aromatic nitrogens is 2. The molecule has 2 amide bonds. The van der Waals surface area contributed by atoms with Crippen molar-refractivity contribution in [3.63, 3.8) is 0 Å². The molecule has 1 heterocycles. The summed E-state index contributed by atoms with van der Waals surface area (Å²) in [4.78, 5) is 27.3. The van der Waals surface area contributed by atoms with E-state index in [-0.39, 0.29) is 23.5 Å². The lowest BCUT2D eigenvalue weighted by Crippen LogP contribution is -2.43. The predicted molar refractivity (Wildman–Crippen MR) is 78.8 cm³/mol. The molecule has 0 aliphatic carbocycles. The number of carbonyl (C=O) groups excluding carboxylic acids is 2. The van der Waals surface area contributed by atoms with Gasteiger partial charge in [0.25, 0.3) is 0 Å². The van der Waals surface area contributed by atoms with E-state index in [9.17, 15) is 9.59 Å². The third-order valence-electron chi connectivity index (χ3n) is 3.32. The van der Waals surface area contributed by atoms with E-state index in [1.807, 2.05) is 37.3 Å². The molecule has 0 radical (unpaired) electrons. The Morgan fingerprint density at radius 3 is 2.45 bits per heavy atom. The number of primary amides is 1. The molecule has 0 spiro atoms. The smallest absolute Gasteiger partial charge is 0.315 e. The second kappa shape index (κ2) is 5.97. The SMILES string of the molecule is CC(C(=O)NC(C)(C)c1noc(C(N)=O)n1)c1ccccc1. The Morgan fingerprint density at radius 1 is 1.27 bits per heavy atom. The molecule has 2 aromatic rings. The Balaban J connectivity index is 2.13. The van der Waals surface area contributed by atoms with Gasteiger partial charge in [-0.1, -0.05) is 35.5 Å². The van der Waals surface area contributed by atoms with Gasteiger partial charge in [-0.2, -0.15) is 4.98 Å². The van der Waals surface area contributed by atoms with Crippen LogP contribution in [0.15, 0.2) is 34.9 Å². The van der Waals surface area contributed by atoms with Crippen LogP contribution in [0.4, 0.5) is 0 Å². The highest BCUT2D eigenvalue weighted by molar-refractivity contribution is 5.87. The fourth-order valence-electron chi connectivity index (χ4n) is 1.94. The van der Waals surface area contributed by atoms with Crippen molar-refractivity contribution in [2.24, 2.45) is 5.73 Å². The van der Waals surface area contributed by atoms with E-state index < -0.39 is 11.4 Å². The standard InChI is InChI=1S/C15H18N4O3/c1-9(10-7-5-4-6-8-10)12(21)18-15(2,3)14-17-13(11(16)20)22-19-14/h4-9H,1-3H3,(H2,16,20)(H,18,21). The van der Waals surface area contributed by atoms with Gasteiger partial charge in [0.2, 0.25) is 5.91 Å². The van der Waals surface area contributed by atoms with Crippen molar-refractivity contribution in [1.82, 2.24) is 15.5 Å². The number of hydrogen-bond acceptors (Lipinski definition) is 5. The summed E-state index contributed by atoms with van der Waals surface area (Å²) in [5.74, 6) is -1.41. The van der Waals surface area contributed by atoms with Crippen LogP contribution in [0.25, 0.3) is 0 Å². The van der Waals surface area contributed by atoms with E-state index in [1.165, 1.54) is 0 Å². The second-order valence-corrected chi connectivity index (χ2v) is 5.53. The van der Waals surface area contributed by atoms with Crippen LogP contribution >= 0.6 is 0 Å². The molecule has 22 heavy (non-hydrogen) atoms. The molecule has 1 aromatic carbocycles. The average Bonchev–Trinajstić information content (AvgIpc) is 2.98. The van der Waals surface area contributed by atoms with Gasteiger partial charge in [0.1, 0.15) is 0 Å². The van der Waals surface area contributed by atoms with Gasteiger partial charge in [0.05, 0.1) is 11.5 Å². The van der Waals surface area contributed by atoms with Gasteiger partial charge in [-0.3, -0.25) is 9.59 Å². The summed E-state index contributed by atoms with van der Waals surface area (Å²) in [7, 11) is 0. The zero-order chi connectivity index (χ0) is 16.3. The van der Waals surface area contributed by atoms with Crippen LogP contribution < -0.4 is 11.1 Å². The summed E-state index contributed by atoms with van der Waals surface area (Å²) < 4.78 is 4.75. The van der Waals surface area contributed by atoms with Gasteiger partial charge in [0, 0.05) is 0 Å². The van der Waals surface area contributed by atoms with Crippen molar-refractivity contribution in [3.05, 3.63) is 47.6 Å². The Bertz CT molecular complexity index is 679. The summed E-state index contributed by atoms with van der Waals surface area (Å²) in [6.07, 6.45) is 0. The van der Waals surface area contributed by atoms with E-state index in [2.05, 4.69) is 15.5 Å². The van der Waals surface area contributed by atoms with Crippen LogP contribution in [0.2, 0.25) is 0 Å². The quantitative estimate of drug-likeness (QED) is 0.865. The van der Waals surface area contributed by atoms with Crippen molar-refractivity contribution >= 4 is 11.8 Å². The fourth-order valence-corrected chi connectivity index (χ4v) is 1.94. The summed E-state index contributed by atoms with van der Waals surface area (Å²) >= 11 is 0. The lowest BCUT2D eigenvalue weighted by atomic mass is 9.97. The van der Waals surface area contributed by atoms with Gasteiger partial charge < -0.3 is 15.6 Å². The minimum atomic E-state index is -0.892. The van der Waals surface area contributed by atoms with Crippen molar-refractivity contribution in [3.8, 4) is 0 Å². The monoisotopic (exact) mass is 302 g/mol. The van der Waals surface area contributed by atoms with Gasteiger partial charge in [-0.25, -0.2) is 0 Å². The number of benzene rings is 1. The molecule has 0 aliphatic heterocycles. The van der Waals surface area contributed by atoms with Gasteiger partial charge >= 0.3 is 11.8 Å². The van der Waals surface area contributed by atoms with E-state index in [4.69, 9.17) is 10.3 Å². The summed E-state index contributed by atoms with van der Waals surface area (Å²) in [6.45, 7) is 5.25. The minimum Gasteiger partial charge on any atom is -0.361 e. The van der Waals surface area contributed by atoms with Crippen molar-refractivity contribution in [1.29, 1.82) is 0 Å². The molecule has 1 atom stereocenters. The summed E-state index contributed by atoms with van der Waals surface area (Å²) in [5, 5.41) is 6.54. The molecule has 0 saturated heterocycles. The first-order chi connectivity index (χ1) is 10.3. The van der Waals surface area contributed by atoms with E-state index in [1.54, 1.807) is 13.8 Å². The lowest BCUT2D eigenvalue weighted by Gasteiger charge is -2.24. The first-order valence-corrected chi connectivity index (χ1v) is 6.82.